The highest BCUT2D eigenvalue weighted by atomic mass is 16.5. The Hall–Kier alpha value is -3.12. The van der Waals surface area contributed by atoms with E-state index in [1.165, 1.54) is 0 Å². The quantitative estimate of drug-likeness (QED) is 0.342. The van der Waals surface area contributed by atoms with Gasteiger partial charge in [0.15, 0.2) is 0 Å². The Morgan fingerprint density at radius 3 is 2.42 bits per heavy atom. The maximum Gasteiger partial charge on any atom is 0.341 e. The third kappa shape index (κ3) is 5.52. The van der Waals surface area contributed by atoms with Crippen LogP contribution in [-0.2, 0) is 21.5 Å². The number of carbonyl (C=O) groups is 1. The summed E-state index contributed by atoms with van der Waals surface area (Å²) >= 11 is 0. The van der Waals surface area contributed by atoms with E-state index in [1.807, 2.05) is 59.3 Å². The molecule has 2 aromatic carbocycles. The molecule has 0 radical (unpaired) electrons. The van der Waals surface area contributed by atoms with E-state index in [1.54, 1.807) is 20.2 Å². The van der Waals surface area contributed by atoms with Crippen molar-refractivity contribution in [2.75, 3.05) is 20.3 Å². The molecule has 3 rings (SSSR count). The lowest BCUT2D eigenvalue weighted by atomic mass is 9.83. The number of aromatic nitrogens is 2. The Balaban J connectivity index is 1.84. The van der Waals surface area contributed by atoms with Crippen molar-refractivity contribution in [3.05, 3.63) is 77.6 Å². The third-order valence-electron chi connectivity index (χ3n) is 5.21. The molecule has 0 fully saturated rings. The molecule has 0 bridgehead atoms. The van der Waals surface area contributed by atoms with Gasteiger partial charge in [0, 0.05) is 12.0 Å². The normalized spacial score (nSPS) is 11.4. The predicted molar refractivity (Wildman–Crippen MR) is 120 cm³/mol. The maximum atomic E-state index is 12.6. The van der Waals surface area contributed by atoms with Crippen molar-refractivity contribution >= 4 is 5.97 Å². The lowest BCUT2D eigenvalue weighted by molar-refractivity contribution is 0.0521. The van der Waals surface area contributed by atoms with Crippen molar-refractivity contribution in [3.63, 3.8) is 0 Å². The smallest absolute Gasteiger partial charge is 0.341 e. The van der Waals surface area contributed by atoms with E-state index in [0.29, 0.717) is 31.8 Å². The van der Waals surface area contributed by atoms with Crippen LogP contribution in [0.1, 0.15) is 48.8 Å². The molecule has 0 aliphatic heterocycles. The topological polar surface area (TPSA) is 62.6 Å². The van der Waals surface area contributed by atoms with Gasteiger partial charge in [-0.15, -0.1) is 0 Å². The molecule has 1 heterocycles. The first-order chi connectivity index (χ1) is 15.0. The zero-order valence-electron chi connectivity index (χ0n) is 18.6. The first-order valence-electron chi connectivity index (χ1n) is 10.5. The Kier molecular flexibility index (Phi) is 7.47. The van der Waals surface area contributed by atoms with Gasteiger partial charge in [-0.1, -0.05) is 44.2 Å². The van der Waals surface area contributed by atoms with Crippen LogP contribution in [0, 0.1) is 0 Å². The van der Waals surface area contributed by atoms with Crippen LogP contribution in [0.15, 0.2) is 60.8 Å². The Morgan fingerprint density at radius 1 is 1.06 bits per heavy atom. The Labute approximate surface area is 183 Å². The second-order valence-corrected chi connectivity index (χ2v) is 7.91. The first kappa shape index (κ1) is 22.6. The summed E-state index contributed by atoms with van der Waals surface area (Å²) in [5.41, 5.74) is 2.89. The molecule has 6 nitrogen and oxygen atoms in total. The van der Waals surface area contributed by atoms with E-state index in [4.69, 9.17) is 14.2 Å². The van der Waals surface area contributed by atoms with Gasteiger partial charge in [-0.2, -0.15) is 5.10 Å². The van der Waals surface area contributed by atoms with Gasteiger partial charge in [0.2, 0.25) is 0 Å². The van der Waals surface area contributed by atoms with Crippen LogP contribution in [0.5, 0.6) is 5.75 Å². The number of nitrogens with zero attached hydrogens (tertiary/aromatic N) is 2. The van der Waals surface area contributed by atoms with Gasteiger partial charge < -0.3 is 14.2 Å². The Morgan fingerprint density at radius 2 is 1.77 bits per heavy atom. The number of rotatable bonds is 10. The monoisotopic (exact) mass is 422 g/mol. The molecule has 0 aliphatic carbocycles. The molecule has 3 aromatic rings. The second-order valence-electron chi connectivity index (χ2n) is 7.91. The molecule has 0 saturated heterocycles. The zero-order valence-corrected chi connectivity index (χ0v) is 18.6. The lowest BCUT2D eigenvalue weighted by Crippen LogP contribution is -2.26. The molecular weight excluding hydrogens is 392 g/mol. The molecular formula is C25H30N2O4. The van der Waals surface area contributed by atoms with Crippen molar-refractivity contribution in [1.82, 2.24) is 9.78 Å². The molecule has 1 aromatic heterocycles. The fraction of sp³-hybridized carbons (Fsp3) is 0.360. The Bertz CT molecular complexity index is 979. The summed E-state index contributed by atoms with van der Waals surface area (Å²) in [5, 5.41) is 4.52. The maximum absolute atomic E-state index is 12.6. The van der Waals surface area contributed by atoms with E-state index in [2.05, 4.69) is 18.9 Å². The van der Waals surface area contributed by atoms with Gasteiger partial charge in [-0.25, -0.2) is 9.48 Å². The van der Waals surface area contributed by atoms with Gasteiger partial charge in [0.1, 0.15) is 11.3 Å². The minimum absolute atomic E-state index is 0.312. The van der Waals surface area contributed by atoms with Crippen LogP contribution in [0.4, 0.5) is 0 Å². The van der Waals surface area contributed by atoms with Crippen molar-refractivity contribution in [2.45, 2.75) is 39.2 Å². The minimum atomic E-state index is -0.380. The average Bonchev–Trinajstić information content (AvgIpc) is 3.24. The predicted octanol–water partition coefficient (Wildman–Crippen LogP) is 4.94. The van der Waals surface area contributed by atoms with Crippen molar-refractivity contribution in [2.24, 2.45) is 0 Å². The molecule has 0 aliphatic rings. The van der Waals surface area contributed by atoms with Crippen molar-refractivity contribution in [3.8, 4) is 11.4 Å². The summed E-state index contributed by atoms with van der Waals surface area (Å²) in [7, 11) is 1.63. The number of hydrogen-bond donors (Lipinski definition) is 0. The van der Waals surface area contributed by atoms with Gasteiger partial charge in [-0.05, 0) is 43.2 Å². The fourth-order valence-corrected chi connectivity index (χ4v) is 3.49. The van der Waals surface area contributed by atoms with Crippen LogP contribution in [0.3, 0.4) is 0 Å². The summed E-state index contributed by atoms with van der Waals surface area (Å²) in [5.74, 6) is 0.396. The second kappa shape index (κ2) is 10.3. The van der Waals surface area contributed by atoms with Gasteiger partial charge in [0.05, 0.1) is 37.9 Å². The van der Waals surface area contributed by atoms with Crippen LogP contribution in [0.25, 0.3) is 5.69 Å². The number of methoxy groups -OCH3 is 1. The number of carbonyl (C=O) groups excluding carboxylic acids is 1. The van der Waals surface area contributed by atoms with Crippen LogP contribution >= 0.6 is 0 Å². The number of benzene rings is 2. The van der Waals surface area contributed by atoms with E-state index >= 15 is 0 Å². The zero-order chi connectivity index (χ0) is 22.3. The third-order valence-corrected chi connectivity index (χ3v) is 5.21. The van der Waals surface area contributed by atoms with Crippen LogP contribution in [0.2, 0.25) is 0 Å². The molecule has 6 heteroatoms. The number of ether oxygens (including phenoxy) is 3. The highest BCUT2D eigenvalue weighted by molar-refractivity contribution is 5.91. The SMILES string of the molecule is CCOC(=O)c1cnn(-c2ccc(OC)cc2)c1C(C)(C)CCOCc1ccccc1. The summed E-state index contributed by atoms with van der Waals surface area (Å²) in [4.78, 5) is 12.6. The van der Waals surface area contributed by atoms with E-state index in [0.717, 1.165) is 22.7 Å². The van der Waals surface area contributed by atoms with Crippen LogP contribution < -0.4 is 4.74 Å². The molecule has 0 unspecified atom stereocenters. The summed E-state index contributed by atoms with van der Waals surface area (Å²) < 4.78 is 18.3. The number of hydrogen-bond acceptors (Lipinski definition) is 5. The van der Waals surface area contributed by atoms with Crippen molar-refractivity contribution in [1.29, 1.82) is 0 Å². The molecule has 0 spiro atoms. The minimum Gasteiger partial charge on any atom is -0.497 e. The molecule has 164 valence electrons. The van der Waals surface area contributed by atoms with E-state index < -0.39 is 0 Å². The van der Waals surface area contributed by atoms with Gasteiger partial charge >= 0.3 is 5.97 Å². The van der Waals surface area contributed by atoms with Crippen LogP contribution in [-0.4, -0.2) is 36.1 Å². The largest absolute Gasteiger partial charge is 0.497 e. The fourth-order valence-electron chi connectivity index (χ4n) is 3.49. The van der Waals surface area contributed by atoms with Gasteiger partial charge in [-0.3, -0.25) is 0 Å². The standard InChI is InChI=1S/C25H30N2O4/c1-5-31-24(28)22-17-26-27(20-11-13-21(29-4)14-12-20)23(22)25(2,3)15-16-30-18-19-9-7-6-8-10-19/h6-14,17H,5,15-16,18H2,1-4H3. The first-order valence-corrected chi connectivity index (χ1v) is 10.5. The highest BCUT2D eigenvalue weighted by Crippen LogP contribution is 2.33. The lowest BCUT2D eigenvalue weighted by Gasteiger charge is -2.27. The summed E-state index contributed by atoms with van der Waals surface area (Å²) in [6, 6.07) is 17.7. The highest BCUT2D eigenvalue weighted by Gasteiger charge is 2.32. The van der Waals surface area contributed by atoms with Gasteiger partial charge in [0.25, 0.3) is 0 Å². The summed E-state index contributed by atoms with van der Waals surface area (Å²) in [6.07, 6.45) is 2.30. The molecule has 0 N–H and O–H groups in total. The van der Waals surface area contributed by atoms with Crippen molar-refractivity contribution < 1.29 is 19.0 Å². The molecule has 0 amide bonds. The van der Waals surface area contributed by atoms with E-state index in [9.17, 15) is 4.79 Å². The molecule has 0 atom stereocenters. The molecule has 31 heavy (non-hydrogen) atoms. The van der Waals surface area contributed by atoms with E-state index in [-0.39, 0.29) is 11.4 Å². The number of esters is 1. The molecule has 0 saturated carbocycles. The average molecular weight is 423 g/mol. The summed E-state index contributed by atoms with van der Waals surface area (Å²) in [6.45, 7) is 7.41.